The lowest BCUT2D eigenvalue weighted by atomic mass is 10.2. The van der Waals surface area contributed by atoms with E-state index >= 15 is 0 Å². The first-order valence-electron chi connectivity index (χ1n) is 9.39. The van der Waals surface area contributed by atoms with Crippen LogP contribution < -0.4 is 0 Å². The molecule has 1 saturated heterocycles. The predicted octanol–water partition coefficient (Wildman–Crippen LogP) is 2.57. The molecule has 3 heterocycles. The normalized spacial score (nSPS) is 30.1. The molecule has 4 rings (SSSR count). The van der Waals surface area contributed by atoms with E-state index < -0.39 is 12.1 Å². The van der Waals surface area contributed by atoms with Crippen molar-refractivity contribution in [3.8, 4) is 0 Å². The first-order chi connectivity index (χ1) is 13.3. The van der Waals surface area contributed by atoms with Gasteiger partial charge in [-0.2, -0.15) is 0 Å². The molecule has 0 amide bonds. The minimum absolute atomic E-state index is 0.212. The molecular formula is C17H24ClN5O4S. The van der Waals surface area contributed by atoms with Crippen molar-refractivity contribution in [2.75, 3.05) is 5.75 Å². The average molecular weight is 430 g/mol. The van der Waals surface area contributed by atoms with Crippen LogP contribution in [0.1, 0.15) is 46.6 Å². The molecule has 0 radical (unpaired) electrons. The number of fused-ring (bicyclic) bond motifs is 2. The average Bonchev–Trinajstić information content (AvgIpc) is 3.25. The molecule has 1 unspecified atom stereocenters. The number of aromatic nitrogens is 5. The summed E-state index contributed by atoms with van der Waals surface area (Å²) in [6.07, 6.45) is -0.301. The number of aliphatic hydroxyl groups excluding tert-OH is 1. The Balaban J connectivity index is 1.71. The summed E-state index contributed by atoms with van der Waals surface area (Å²) in [6.45, 7) is 7.40. The number of rotatable bonds is 6. The Morgan fingerprint density at radius 3 is 2.82 bits per heavy atom. The second-order valence-electron chi connectivity index (χ2n) is 7.49. The van der Waals surface area contributed by atoms with E-state index in [1.807, 2.05) is 13.8 Å². The molecule has 0 aromatic carbocycles. The topological polar surface area (TPSA) is 104 Å². The molecule has 11 heteroatoms. The summed E-state index contributed by atoms with van der Waals surface area (Å²) in [5.41, 5.74) is 1.02. The second-order valence-corrected chi connectivity index (χ2v) is 8.91. The molecule has 9 nitrogen and oxygen atoms in total. The molecule has 1 saturated carbocycles. The van der Waals surface area contributed by atoms with E-state index in [-0.39, 0.29) is 29.5 Å². The van der Waals surface area contributed by atoms with Crippen LogP contribution >= 0.6 is 23.4 Å². The number of nitrogens with zero attached hydrogens (tertiary/aromatic N) is 5. The smallest absolute Gasteiger partial charge is 0.191 e. The molecule has 0 spiro atoms. The molecule has 0 bridgehead atoms. The van der Waals surface area contributed by atoms with Gasteiger partial charge in [0, 0.05) is 12.2 Å². The third-order valence-corrected chi connectivity index (χ3v) is 6.08. The quantitative estimate of drug-likeness (QED) is 0.321. The van der Waals surface area contributed by atoms with Crippen LogP contribution in [0, 0.1) is 0 Å². The number of thioether (sulfide) groups is 1. The molecule has 2 aromatic heterocycles. The maximum Gasteiger partial charge on any atom is 0.191 e. The van der Waals surface area contributed by atoms with E-state index in [2.05, 4.69) is 27.2 Å². The third-order valence-electron chi connectivity index (χ3n) is 4.76. The Morgan fingerprint density at radius 2 is 2.11 bits per heavy atom. The lowest BCUT2D eigenvalue weighted by Crippen LogP contribution is -2.33. The Hall–Kier alpha value is -1.04. The number of hydrogen-bond donors (Lipinski definition) is 1. The van der Waals surface area contributed by atoms with Crippen LogP contribution in [0.25, 0.3) is 11.2 Å². The molecule has 2 aromatic rings. The van der Waals surface area contributed by atoms with Gasteiger partial charge in [0.1, 0.15) is 12.2 Å². The lowest BCUT2D eigenvalue weighted by molar-refractivity contribution is -0.193. The Bertz CT molecular complexity index is 863. The summed E-state index contributed by atoms with van der Waals surface area (Å²) in [6, 6.07) is -0.212. The molecule has 1 aliphatic heterocycles. The summed E-state index contributed by atoms with van der Waals surface area (Å²) >= 11 is 7.86. The molecular weight excluding hydrogens is 406 g/mol. The fraction of sp³-hybridized carbons (Fsp3) is 0.765. The zero-order chi connectivity index (χ0) is 20.1. The van der Waals surface area contributed by atoms with Crippen molar-refractivity contribution < 1.29 is 19.3 Å². The monoisotopic (exact) mass is 429 g/mol. The SMILES string of the molecule is CCCSc1nc(Cl)c2nnn([C@@H]3C[C@H](OC(C)O)[C@H]4OC(C)(C)O[C@H]43)c2n1. The summed E-state index contributed by atoms with van der Waals surface area (Å²) in [5, 5.41) is 19.1. The maximum absolute atomic E-state index is 9.71. The van der Waals surface area contributed by atoms with E-state index in [4.69, 9.17) is 25.8 Å². The summed E-state index contributed by atoms with van der Waals surface area (Å²) in [4.78, 5) is 8.94. The molecule has 1 aliphatic carbocycles. The van der Waals surface area contributed by atoms with Crippen LogP contribution in [0.2, 0.25) is 5.15 Å². The van der Waals surface area contributed by atoms with E-state index in [1.54, 1.807) is 23.4 Å². The number of hydrogen-bond acceptors (Lipinski definition) is 9. The van der Waals surface area contributed by atoms with E-state index in [9.17, 15) is 5.11 Å². The molecule has 5 atom stereocenters. The largest absolute Gasteiger partial charge is 0.368 e. The number of ether oxygens (including phenoxy) is 3. The highest BCUT2D eigenvalue weighted by Crippen LogP contribution is 2.45. The highest BCUT2D eigenvalue weighted by atomic mass is 35.5. The third kappa shape index (κ3) is 3.73. The van der Waals surface area contributed by atoms with Gasteiger partial charge in [-0.1, -0.05) is 35.5 Å². The van der Waals surface area contributed by atoms with Crippen LogP contribution in [-0.2, 0) is 14.2 Å². The van der Waals surface area contributed by atoms with Gasteiger partial charge in [0.05, 0.1) is 12.1 Å². The van der Waals surface area contributed by atoms with Gasteiger partial charge in [-0.05, 0) is 27.2 Å². The second kappa shape index (κ2) is 7.66. The highest BCUT2D eigenvalue weighted by molar-refractivity contribution is 7.99. The molecule has 28 heavy (non-hydrogen) atoms. The van der Waals surface area contributed by atoms with Crippen LogP contribution in [0.3, 0.4) is 0 Å². The van der Waals surface area contributed by atoms with Gasteiger partial charge in [-0.3, -0.25) is 0 Å². The molecule has 2 aliphatic rings. The van der Waals surface area contributed by atoms with E-state index in [0.717, 1.165) is 12.2 Å². The first-order valence-corrected chi connectivity index (χ1v) is 10.8. The summed E-state index contributed by atoms with van der Waals surface area (Å²) in [5.74, 6) is 0.145. The maximum atomic E-state index is 9.71. The van der Waals surface area contributed by atoms with Crippen molar-refractivity contribution in [2.45, 2.75) is 82.1 Å². The molecule has 1 N–H and O–H groups in total. The predicted molar refractivity (Wildman–Crippen MR) is 103 cm³/mol. The fourth-order valence-electron chi connectivity index (χ4n) is 3.79. The standard InChI is InChI=1S/C17H24ClN5O4S/c1-5-6-28-16-19-14(18)11-15(20-16)23(22-21-11)9-7-10(25-8(2)24)13-12(9)26-17(3,4)27-13/h8-10,12-13,24H,5-7H2,1-4H3/t8?,9-,10+,12+,13-/m1/s1. The minimum atomic E-state index is -0.905. The van der Waals surface area contributed by atoms with Crippen LogP contribution in [0.4, 0.5) is 0 Å². The van der Waals surface area contributed by atoms with Crippen molar-refractivity contribution in [2.24, 2.45) is 0 Å². The molecule has 2 fully saturated rings. The molecule has 154 valence electrons. The number of halogens is 1. The number of aliphatic hydroxyl groups is 1. The van der Waals surface area contributed by atoms with Crippen molar-refractivity contribution in [3.63, 3.8) is 0 Å². The zero-order valence-corrected chi connectivity index (χ0v) is 17.8. The van der Waals surface area contributed by atoms with Gasteiger partial charge in [-0.15, -0.1) is 5.10 Å². The first kappa shape index (κ1) is 20.2. The fourth-order valence-corrected chi connectivity index (χ4v) is 4.74. The Kier molecular flexibility index (Phi) is 5.54. The van der Waals surface area contributed by atoms with Crippen molar-refractivity contribution >= 4 is 34.5 Å². The Labute approximate surface area is 172 Å². The van der Waals surface area contributed by atoms with Crippen LogP contribution in [0.15, 0.2) is 5.16 Å². The van der Waals surface area contributed by atoms with Gasteiger partial charge in [0.2, 0.25) is 0 Å². The van der Waals surface area contributed by atoms with Crippen LogP contribution in [-0.4, -0.2) is 66.2 Å². The minimum Gasteiger partial charge on any atom is -0.368 e. The zero-order valence-electron chi connectivity index (χ0n) is 16.2. The summed E-state index contributed by atoms with van der Waals surface area (Å²) < 4.78 is 19.6. The van der Waals surface area contributed by atoms with E-state index in [1.165, 1.54) is 0 Å². The van der Waals surface area contributed by atoms with Crippen molar-refractivity contribution in [1.82, 2.24) is 25.0 Å². The van der Waals surface area contributed by atoms with Crippen molar-refractivity contribution in [1.29, 1.82) is 0 Å². The summed E-state index contributed by atoms with van der Waals surface area (Å²) in [7, 11) is 0. The Morgan fingerprint density at radius 1 is 1.36 bits per heavy atom. The van der Waals surface area contributed by atoms with Gasteiger partial charge >= 0.3 is 0 Å². The van der Waals surface area contributed by atoms with E-state index in [0.29, 0.717) is 22.7 Å². The van der Waals surface area contributed by atoms with Crippen molar-refractivity contribution in [3.05, 3.63) is 5.15 Å². The lowest BCUT2D eigenvalue weighted by Gasteiger charge is -2.24. The highest BCUT2D eigenvalue weighted by Gasteiger charge is 2.56. The van der Waals surface area contributed by atoms with Gasteiger partial charge < -0.3 is 19.3 Å². The van der Waals surface area contributed by atoms with Crippen LogP contribution in [0.5, 0.6) is 0 Å². The van der Waals surface area contributed by atoms with Gasteiger partial charge in [0.15, 0.2) is 33.6 Å². The van der Waals surface area contributed by atoms with Gasteiger partial charge in [-0.25, -0.2) is 14.6 Å². The van der Waals surface area contributed by atoms with Gasteiger partial charge in [0.25, 0.3) is 0 Å².